The number of hydrogen-bond acceptors (Lipinski definition) is 3. The maximum Gasteiger partial charge on any atom is 0.200 e. The zero-order valence-corrected chi connectivity index (χ0v) is 13.2. The van der Waals surface area contributed by atoms with Crippen LogP contribution in [0.2, 0.25) is 0 Å². The normalized spacial score (nSPS) is 10.8. The molecule has 0 spiro atoms. The average molecular weight is 313 g/mol. The molecule has 0 saturated carbocycles. The zero-order chi connectivity index (χ0) is 16.5. The van der Waals surface area contributed by atoms with Crippen LogP contribution in [-0.2, 0) is 0 Å². The molecule has 24 heavy (non-hydrogen) atoms. The minimum Gasteiger partial charge on any atom is -0.479 e. The Bertz CT molecular complexity index is 1070. The Morgan fingerprint density at radius 3 is 2.58 bits per heavy atom. The van der Waals surface area contributed by atoms with E-state index >= 15 is 0 Å². The summed E-state index contributed by atoms with van der Waals surface area (Å²) in [4.78, 5) is 4.68. The van der Waals surface area contributed by atoms with E-state index in [-0.39, 0.29) is 0 Å². The second-order valence-electron chi connectivity index (χ2n) is 5.44. The van der Waals surface area contributed by atoms with Gasteiger partial charge in [-0.25, -0.2) is 4.98 Å². The first kappa shape index (κ1) is 14.3. The lowest BCUT2D eigenvalue weighted by molar-refractivity contribution is 0.324. The number of benzene rings is 2. The van der Waals surface area contributed by atoms with Crippen LogP contribution in [0.5, 0.6) is 5.88 Å². The van der Waals surface area contributed by atoms with E-state index < -0.39 is 0 Å². The van der Waals surface area contributed by atoms with Crippen LogP contribution in [0.3, 0.4) is 0 Å². The summed E-state index contributed by atoms with van der Waals surface area (Å²) in [6, 6.07) is 22.0. The second kappa shape index (κ2) is 5.71. The summed E-state index contributed by atoms with van der Waals surface area (Å²) in [6.45, 7) is 2.49. The summed E-state index contributed by atoms with van der Waals surface area (Å²) in [5, 5.41) is 9.78. The fraction of sp³-hybridized carbons (Fsp3) is 0.100. The molecule has 0 amide bonds. The number of para-hydroxylation sites is 2. The van der Waals surface area contributed by atoms with Crippen molar-refractivity contribution >= 4 is 16.7 Å². The van der Waals surface area contributed by atoms with Gasteiger partial charge in [-0.15, -0.1) is 0 Å². The van der Waals surface area contributed by atoms with Gasteiger partial charge in [0.2, 0.25) is 0 Å². The lowest BCUT2D eigenvalue weighted by Gasteiger charge is -2.12. The summed E-state index contributed by atoms with van der Waals surface area (Å²) in [5.74, 6) is 0.694. The van der Waals surface area contributed by atoms with E-state index in [1.165, 1.54) is 0 Å². The van der Waals surface area contributed by atoms with E-state index in [2.05, 4.69) is 11.1 Å². The fourth-order valence-electron chi connectivity index (χ4n) is 3.01. The predicted molar refractivity (Wildman–Crippen MR) is 94.0 cm³/mol. The van der Waals surface area contributed by atoms with Gasteiger partial charge in [-0.2, -0.15) is 5.26 Å². The SMILES string of the molecule is CCOc1cc(-c2ccccc2)c(C#N)c2nc3ccccc3n12. The maximum absolute atomic E-state index is 9.78. The number of rotatable bonds is 3. The molecule has 0 aliphatic heterocycles. The second-order valence-corrected chi connectivity index (χ2v) is 5.44. The van der Waals surface area contributed by atoms with Crippen LogP contribution in [0.1, 0.15) is 12.5 Å². The first-order chi connectivity index (χ1) is 11.8. The minimum atomic E-state index is 0.543. The number of nitrogens with zero attached hydrogens (tertiary/aromatic N) is 3. The highest BCUT2D eigenvalue weighted by atomic mass is 16.5. The molecule has 4 heteroatoms. The molecule has 0 atom stereocenters. The van der Waals surface area contributed by atoms with Crippen molar-refractivity contribution < 1.29 is 4.74 Å². The monoisotopic (exact) mass is 313 g/mol. The summed E-state index contributed by atoms with van der Waals surface area (Å²) < 4.78 is 7.78. The van der Waals surface area contributed by atoms with Gasteiger partial charge in [-0.05, 0) is 24.6 Å². The highest BCUT2D eigenvalue weighted by Gasteiger charge is 2.18. The molecule has 2 aromatic carbocycles. The summed E-state index contributed by atoms with van der Waals surface area (Å²) in [5.41, 5.74) is 4.78. The van der Waals surface area contributed by atoms with E-state index in [0.29, 0.717) is 23.7 Å². The Labute approximate surface area is 139 Å². The third-order valence-corrected chi connectivity index (χ3v) is 4.03. The Balaban J connectivity index is 2.16. The van der Waals surface area contributed by atoms with Gasteiger partial charge >= 0.3 is 0 Å². The number of aromatic nitrogens is 2. The Kier molecular flexibility index (Phi) is 3.40. The molecule has 0 aliphatic carbocycles. The minimum absolute atomic E-state index is 0.543. The number of pyridine rings is 1. The molecule has 0 saturated heterocycles. The van der Waals surface area contributed by atoms with Gasteiger partial charge in [0.15, 0.2) is 11.5 Å². The largest absolute Gasteiger partial charge is 0.479 e. The number of nitriles is 1. The third-order valence-electron chi connectivity index (χ3n) is 4.03. The van der Waals surface area contributed by atoms with E-state index in [9.17, 15) is 5.26 Å². The average Bonchev–Trinajstić information content (AvgIpc) is 3.02. The molecule has 0 fully saturated rings. The van der Waals surface area contributed by atoms with Crippen molar-refractivity contribution in [2.75, 3.05) is 6.61 Å². The molecule has 0 radical (unpaired) electrons. The molecule has 2 aromatic heterocycles. The standard InChI is InChI=1S/C20H15N3O/c1-2-24-19-12-15(14-8-4-3-5-9-14)16(13-21)20-22-17-10-6-7-11-18(17)23(19)20/h3-12H,2H2,1H3. The van der Waals surface area contributed by atoms with Crippen molar-refractivity contribution in [2.24, 2.45) is 0 Å². The summed E-state index contributed by atoms with van der Waals surface area (Å²) in [6.07, 6.45) is 0. The zero-order valence-electron chi connectivity index (χ0n) is 13.2. The number of fused-ring (bicyclic) bond motifs is 3. The molecule has 4 rings (SSSR count). The predicted octanol–water partition coefficient (Wildman–Crippen LogP) is 4.42. The molecule has 4 aromatic rings. The van der Waals surface area contributed by atoms with Crippen molar-refractivity contribution in [3.8, 4) is 23.1 Å². The van der Waals surface area contributed by atoms with Crippen molar-refractivity contribution in [1.82, 2.24) is 9.38 Å². The van der Waals surface area contributed by atoms with Crippen LogP contribution in [-0.4, -0.2) is 16.0 Å². The lowest BCUT2D eigenvalue weighted by Crippen LogP contribution is -2.02. The van der Waals surface area contributed by atoms with E-state index in [4.69, 9.17) is 4.74 Å². The van der Waals surface area contributed by atoms with Crippen molar-refractivity contribution in [1.29, 1.82) is 5.26 Å². The molecule has 0 N–H and O–H groups in total. The lowest BCUT2D eigenvalue weighted by atomic mass is 10.0. The fourth-order valence-corrected chi connectivity index (χ4v) is 3.01. The molecule has 0 aliphatic rings. The molecular formula is C20H15N3O. The Morgan fingerprint density at radius 1 is 1.08 bits per heavy atom. The van der Waals surface area contributed by atoms with Crippen LogP contribution in [0.15, 0.2) is 60.7 Å². The Hall–Kier alpha value is -3.32. The topological polar surface area (TPSA) is 50.3 Å². The number of imidazole rings is 1. The van der Waals surface area contributed by atoms with Crippen LogP contribution in [0, 0.1) is 11.3 Å². The Morgan fingerprint density at radius 2 is 1.83 bits per heavy atom. The van der Waals surface area contributed by atoms with Gasteiger partial charge in [-0.1, -0.05) is 42.5 Å². The number of hydrogen-bond donors (Lipinski definition) is 0. The van der Waals surface area contributed by atoms with Gasteiger partial charge in [0.05, 0.1) is 17.6 Å². The van der Waals surface area contributed by atoms with Gasteiger partial charge in [0.1, 0.15) is 11.6 Å². The van der Waals surface area contributed by atoms with Gasteiger partial charge in [0.25, 0.3) is 0 Å². The van der Waals surface area contributed by atoms with Crippen LogP contribution in [0.4, 0.5) is 0 Å². The van der Waals surface area contributed by atoms with Crippen molar-refractivity contribution in [3.63, 3.8) is 0 Å². The van der Waals surface area contributed by atoms with E-state index in [1.54, 1.807) is 0 Å². The van der Waals surface area contributed by atoms with Gasteiger partial charge in [0, 0.05) is 11.6 Å². The van der Waals surface area contributed by atoms with Crippen molar-refractivity contribution in [3.05, 3.63) is 66.2 Å². The van der Waals surface area contributed by atoms with Crippen molar-refractivity contribution in [2.45, 2.75) is 6.92 Å². The quantitative estimate of drug-likeness (QED) is 0.562. The molecule has 0 unspecified atom stereocenters. The molecule has 2 heterocycles. The summed E-state index contributed by atoms with van der Waals surface area (Å²) in [7, 11) is 0. The van der Waals surface area contributed by atoms with Gasteiger partial charge in [-0.3, -0.25) is 4.40 Å². The molecule has 4 nitrogen and oxygen atoms in total. The van der Waals surface area contributed by atoms with Crippen LogP contribution >= 0.6 is 0 Å². The van der Waals surface area contributed by atoms with E-state index in [1.807, 2.05) is 72.0 Å². The highest BCUT2D eigenvalue weighted by molar-refractivity contribution is 5.87. The van der Waals surface area contributed by atoms with Crippen LogP contribution < -0.4 is 4.74 Å². The van der Waals surface area contributed by atoms with E-state index in [0.717, 1.165) is 22.2 Å². The highest BCUT2D eigenvalue weighted by Crippen LogP contribution is 2.33. The number of ether oxygens (including phenoxy) is 1. The molecule has 116 valence electrons. The molecule has 0 bridgehead atoms. The smallest absolute Gasteiger partial charge is 0.200 e. The van der Waals surface area contributed by atoms with Crippen LogP contribution in [0.25, 0.3) is 27.8 Å². The summed E-state index contributed by atoms with van der Waals surface area (Å²) >= 11 is 0. The maximum atomic E-state index is 9.78. The van der Waals surface area contributed by atoms with Gasteiger partial charge < -0.3 is 4.74 Å². The first-order valence-electron chi connectivity index (χ1n) is 7.86. The first-order valence-corrected chi connectivity index (χ1v) is 7.86. The third kappa shape index (κ3) is 2.10. The molecular weight excluding hydrogens is 298 g/mol.